The Balaban J connectivity index is 1.81. The maximum absolute atomic E-state index is 13.0. The van der Waals surface area contributed by atoms with E-state index in [0.29, 0.717) is 45.7 Å². The fourth-order valence-corrected chi connectivity index (χ4v) is 4.95. The van der Waals surface area contributed by atoms with Gasteiger partial charge in [-0.05, 0) is 37.0 Å². The quantitative estimate of drug-likeness (QED) is 0.818. The van der Waals surface area contributed by atoms with Crippen molar-refractivity contribution in [1.29, 1.82) is 0 Å². The van der Waals surface area contributed by atoms with Gasteiger partial charge in [0.25, 0.3) is 0 Å². The molecular formula is C17H24N2O4S. The van der Waals surface area contributed by atoms with Gasteiger partial charge in [-0.3, -0.25) is 4.79 Å². The Morgan fingerprint density at radius 3 is 2.46 bits per heavy atom. The van der Waals surface area contributed by atoms with E-state index < -0.39 is 16.1 Å². The first-order valence-corrected chi connectivity index (χ1v) is 9.95. The van der Waals surface area contributed by atoms with Gasteiger partial charge in [0.15, 0.2) is 0 Å². The molecule has 132 valence electrons. The number of morpholine rings is 1. The van der Waals surface area contributed by atoms with Gasteiger partial charge in [0.05, 0.1) is 18.1 Å². The highest BCUT2D eigenvalue weighted by Gasteiger charge is 2.41. The number of hydrogen-bond acceptors (Lipinski definition) is 4. The van der Waals surface area contributed by atoms with Crippen molar-refractivity contribution >= 4 is 15.9 Å². The molecule has 6 nitrogen and oxygen atoms in total. The first-order valence-electron chi connectivity index (χ1n) is 8.51. The zero-order valence-electron chi connectivity index (χ0n) is 14.0. The lowest BCUT2D eigenvalue weighted by molar-refractivity contribution is -0.138. The number of hydrogen-bond donors (Lipinski definition) is 0. The van der Waals surface area contributed by atoms with E-state index in [1.165, 1.54) is 4.31 Å². The number of rotatable bonds is 4. The van der Waals surface area contributed by atoms with Gasteiger partial charge >= 0.3 is 0 Å². The SMILES string of the molecule is CCc1ccc(S(=O)(=O)N2CCCC2C(=O)N2CCOCC2)cc1. The van der Waals surface area contributed by atoms with Crippen molar-refractivity contribution in [3.8, 4) is 0 Å². The summed E-state index contributed by atoms with van der Waals surface area (Å²) in [6, 6.07) is 6.37. The lowest BCUT2D eigenvalue weighted by Crippen LogP contribution is -2.50. The number of nitrogens with zero attached hydrogens (tertiary/aromatic N) is 2. The molecule has 0 saturated carbocycles. The highest BCUT2D eigenvalue weighted by molar-refractivity contribution is 7.89. The number of ether oxygens (including phenoxy) is 1. The molecule has 1 unspecified atom stereocenters. The van der Waals surface area contributed by atoms with Crippen LogP contribution >= 0.6 is 0 Å². The van der Waals surface area contributed by atoms with Gasteiger partial charge in [-0.25, -0.2) is 8.42 Å². The van der Waals surface area contributed by atoms with Gasteiger partial charge in [0.2, 0.25) is 15.9 Å². The van der Waals surface area contributed by atoms with Crippen molar-refractivity contribution in [2.75, 3.05) is 32.8 Å². The predicted molar refractivity (Wildman–Crippen MR) is 90.1 cm³/mol. The minimum atomic E-state index is -3.64. The number of benzene rings is 1. The molecule has 3 rings (SSSR count). The summed E-state index contributed by atoms with van der Waals surface area (Å²) in [5, 5.41) is 0. The van der Waals surface area contributed by atoms with Crippen LogP contribution in [0.3, 0.4) is 0 Å². The van der Waals surface area contributed by atoms with Crippen LogP contribution in [0.25, 0.3) is 0 Å². The number of carbonyl (C=O) groups is 1. The summed E-state index contributed by atoms with van der Waals surface area (Å²) in [5.74, 6) is -0.0930. The third kappa shape index (κ3) is 3.34. The van der Waals surface area contributed by atoms with E-state index in [9.17, 15) is 13.2 Å². The van der Waals surface area contributed by atoms with Crippen molar-refractivity contribution in [2.45, 2.75) is 37.1 Å². The van der Waals surface area contributed by atoms with Crippen LogP contribution in [-0.2, 0) is 26.0 Å². The maximum Gasteiger partial charge on any atom is 0.243 e. The maximum atomic E-state index is 13.0. The van der Waals surface area contributed by atoms with Crippen LogP contribution in [0.4, 0.5) is 0 Å². The van der Waals surface area contributed by atoms with Gasteiger partial charge < -0.3 is 9.64 Å². The van der Waals surface area contributed by atoms with Crippen molar-refractivity contribution in [3.63, 3.8) is 0 Å². The van der Waals surface area contributed by atoms with Crippen molar-refractivity contribution in [1.82, 2.24) is 9.21 Å². The fourth-order valence-electron chi connectivity index (χ4n) is 3.30. The molecule has 2 fully saturated rings. The average molecular weight is 352 g/mol. The van der Waals surface area contributed by atoms with E-state index in [-0.39, 0.29) is 10.8 Å². The molecule has 0 N–H and O–H groups in total. The summed E-state index contributed by atoms with van der Waals surface area (Å²) in [7, 11) is -3.64. The Hall–Kier alpha value is -1.44. The molecule has 1 aromatic rings. The zero-order chi connectivity index (χ0) is 17.2. The molecule has 1 aromatic carbocycles. The lowest BCUT2D eigenvalue weighted by atomic mass is 10.2. The molecule has 2 aliphatic rings. The third-order valence-corrected chi connectivity index (χ3v) is 6.67. The largest absolute Gasteiger partial charge is 0.378 e. The van der Waals surface area contributed by atoms with Crippen molar-refractivity contribution in [3.05, 3.63) is 29.8 Å². The summed E-state index contributed by atoms with van der Waals surface area (Å²) in [5.41, 5.74) is 1.09. The van der Waals surface area contributed by atoms with E-state index in [1.807, 2.05) is 19.1 Å². The van der Waals surface area contributed by atoms with Crippen LogP contribution in [0, 0.1) is 0 Å². The topological polar surface area (TPSA) is 66.9 Å². The molecule has 0 radical (unpaired) electrons. The minimum absolute atomic E-state index is 0.0930. The van der Waals surface area contributed by atoms with Crippen LogP contribution in [-0.4, -0.2) is 62.4 Å². The number of sulfonamides is 1. The first kappa shape index (κ1) is 17.4. The summed E-state index contributed by atoms with van der Waals surface area (Å²) >= 11 is 0. The minimum Gasteiger partial charge on any atom is -0.378 e. The average Bonchev–Trinajstić information content (AvgIpc) is 3.12. The number of carbonyl (C=O) groups excluding carboxylic acids is 1. The molecule has 1 atom stereocenters. The van der Waals surface area contributed by atoms with Crippen LogP contribution in [0.5, 0.6) is 0 Å². The standard InChI is InChI=1S/C17H24N2O4S/c1-2-14-5-7-15(8-6-14)24(21,22)19-9-3-4-16(19)17(20)18-10-12-23-13-11-18/h5-8,16H,2-4,9-13H2,1H3. The van der Waals surface area contributed by atoms with E-state index >= 15 is 0 Å². The van der Waals surface area contributed by atoms with Crippen LogP contribution in [0.2, 0.25) is 0 Å². The molecule has 1 amide bonds. The molecule has 0 aromatic heterocycles. The van der Waals surface area contributed by atoms with Gasteiger partial charge in [-0.15, -0.1) is 0 Å². The van der Waals surface area contributed by atoms with E-state index in [2.05, 4.69) is 0 Å². The van der Waals surface area contributed by atoms with E-state index in [0.717, 1.165) is 12.0 Å². The van der Waals surface area contributed by atoms with Crippen molar-refractivity contribution < 1.29 is 17.9 Å². The van der Waals surface area contributed by atoms with E-state index in [1.54, 1.807) is 17.0 Å². The second-order valence-electron chi connectivity index (χ2n) is 6.21. The lowest BCUT2D eigenvalue weighted by Gasteiger charge is -2.32. The van der Waals surface area contributed by atoms with Gasteiger partial charge in [0, 0.05) is 19.6 Å². The van der Waals surface area contributed by atoms with Crippen molar-refractivity contribution in [2.24, 2.45) is 0 Å². The Morgan fingerprint density at radius 2 is 1.83 bits per heavy atom. The molecule has 24 heavy (non-hydrogen) atoms. The highest BCUT2D eigenvalue weighted by atomic mass is 32.2. The molecular weight excluding hydrogens is 328 g/mol. The second-order valence-corrected chi connectivity index (χ2v) is 8.10. The first-order chi connectivity index (χ1) is 11.5. The molecule has 2 saturated heterocycles. The molecule has 2 heterocycles. The van der Waals surface area contributed by atoms with Gasteiger partial charge in [-0.1, -0.05) is 19.1 Å². The number of amides is 1. The van der Waals surface area contributed by atoms with Crippen LogP contribution in [0.15, 0.2) is 29.2 Å². The summed E-state index contributed by atoms with van der Waals surface area (Å²) in [6.45, 7) is 4.54. The number of aryl methyl sites for hydroxylation is 1. The normalized spacial score (nSPS) is 22.7. The molecule has 7 heteroatoms. The van der Waals surface area contributed by atoms with Crippen LogP contribution < -0.4 is 0 Å². The Bertz CT molecular complexity index is 681. The zero-order valence-corrected chi connectivity index (χ0v) is 14.8. The Kier molecular flexibility index (Phi) is 5.22. The monoisotopic (exact) mass is 352 g/mol. The molecule has 0 spiro atoms. The highest BCUT2D eigenvalue weighted by Crippen LogP contribution is 2.27. The smallest absolute Gasteiger partial charge is 0.243 e. The summed E-state index contributed by atoms with van der Waals surface area (Å²) in [4.78, 5) is 14.7. The fraction of sp³-hybridized carbons (Fsp3) is 0.588. The molecule has 0 aliphatic carbocycles. The van der Waals surface area contributed by atoms with Gasteiger partial charge in [-0.2, -0.15) is 4.31 Å². The molecule has 0 bridgehead atoms. The Morgan fingerprint density at radius 1 is 1.17 bits per heavy atom. The molecule has 2 aliphatic heterocycles. The second kappa shape index (κ2) is 7.21. The predicted octanol–water partition coefficient (Wildman–Crippen LogP) is 1.26. The third-order valence-electron chi connectivity index (χ3n) is 4.75. The Labute approximate surface area is 143 Å². The van der Waals surface area contributed by atoms with E-state index in [4.69, 9.17) is 4.74 Å². The summed E-state index contributed by atoms with van der Waals surface area (Å²) in [6.07, 6.45) is 2.16. The van der Waals surface area contributed by atoms with Crippen LogP contribution in [0.1, 0.15) is 25.3 Å². The summed E-state index contributed by atoms with van der Waals surface area (Å²) < 4.78 is 32.6. The van der Waals surface area contributed by atoms with Gasteiger partial charge in [0.1, 0.15) is 6.04 Å².